The maximum absolute atomic E-state index is 4.71. The van der Waals surface area contributed by atoms with E-state index in [1.54, 1.807) is 18.4 Å². The monoisotopic (exact) mass is 97.1 g/mol. The highest BCUT2D eigenvalue weighted by Gasteiger charge is 1.62. The molecule has 1 radical (unpaired) electrons. The topological polar surface area (TPSA) is 9.23 Å². The molecule has 1 heteroatoms. The fraction of sp³-hybridized carbons (Fsp3) is 0.167. The van der Waals surface area contributed by atoms with E-state index in [1.165, 1.54) is 0 Å². The maximum atomic E-state index is 4.71. The van der Waals surface area contributed by atoms with Gasteiger partial charge in [-0.25, -0.2) is 0 Å². The third kappa shape index (κ3) is 5.28. The van der Waals surface area contributed by atoms with Gasteiger partial charge < -0.3 is 4.74 Å². The van der Waals surface area contributed by atoms with Gasteiger partial charge in [-0.3, -0.25) is 0 Å². The van der Waals surface area contributed by atoms with Crippen LogP contribution < -0.4 is 0 Å². The highest BCUT2D eigenvalue weighted by Crippen LogP contribution is 1.74. The average molecular weight is 97.1 g/mol. The van der Waals surface area contributed by atoms with Gasteiger partial charge in [0.15, 0.2) is 0 Å². The average Bonchev–Trinajstić information content (AvgIpc) is 1.69. The Morgan fingerprint density at radius 2 is 2.29 bits per heavy atom. The lowest BCUT2D eigenvalue weighted by Crippen LogP contribution is -1.74. The maximum Gasteiger partial charge on any atom is 0.0874 e. The molecular formula is C6H9O. The van der Waals surface area contributed by atoms with Crippen LogP contribution in [-0.2, 0) is 4.74 Å². The molecule has 0 spiro atoms. The molecule has 0 unspecified atom stereocenters. The molecule has 0 aromatic heterocycles. The van der Waals surface area contributed by atoms with Gasteiger partial charge in [0, 0.05) is 0 Å². The van der Waals surface area contributed by atoms with Crippen LogP contribution in [0.2, 0.25) is 0 Å². The molecule has 0 aliphatic heterocycles. The molecule has 0 atom stereocenters. The van der Waals surface area contributed by atoms with Crippen LogP contribution in [-0.4, -0.2) is 6.61 Å². The van der Waals surface area contributed by atoms with Crippen molar-refractivity contribution in [3.63, 3.8) is 0 Å². The van der Waals surface area contributed by atoms with E-state index < -0.39 is 0 Å². The second-order valence-corrected chi connectivity index (χ2v) is 0.935. The second-order valence-electron chi connectivity index (χ2n) is 0.935. The second kappa shape index (κ2) is 5.28. The molecule has 0 aromatic carbocycles. The van der Waals surface area contributed by atoms with Crippen LogP contribution in [0.25, 0.3) is 0 Å². The van der Waals surface area contributed by atoms with Crippen molar-refractivity contribution in [3.8, 4) is 0 Å². The lowest BCUT2D eigenvalue weighted by Gasteiger charge is -1.86. The Morgan fingerprint density at radius 1 is 1.57 bits per heavy atom. The first-order valence-electron chi connectivity index (χ1n) is 2.10. The molecule has 0 heterocycles. The van der Waals surface area contributed by atoms with Crippen molar-refractivity contribution in [2.24, 2.45) is 0 Å². The summed E-state index contributed by atoms with van der Waals surface area (Å²) < 4.78 is 4.71. The molecule has 7 heavy (non-hydrogen) atoms. The summed E-state index contributed by atoms with van der Waals surface area (Å²) in [6.07, 6.45) is 4.92. The minimum atomic E-state index is 0.477. The molecule has 0 saturated carbocycles. The van der Waals surface area contributed by atoms with Gasteiger partial charge in [0.25, 0.3) is 0 Å². The van der Waals surface area contributed by atoms with Gasteiger partial charge in [0.2, 0.25) is 0 Å². The summed E-state index contributed by atoms with van der Waals surface area (Å²) in [7, 11) is 0. The molecule has 39 valence electrons. The fourth-order valence-corrected chi connectivity index (χ4v) is 0.179. The molecule has 0 rings (SSSR count). The van der Waals surface area contributed by atoms with Gasteiger partial charge in [0.1, 0.15) is 0 Å². The van der Waals surface area contributed by atoms with E-state index in [4.69, 9.17) is 4.74 Å². The zero-order chi connectivity index (χ0) is 5.54. The quantitative estimate of drug-likeness (QED) is 0.383. The van der Waals surface area contributed by atoms with E-state index in [9.17, 15) is 0 Å². The van der Waals surface area contributed by atoms with Gasteiger partial charge in [-0.1, -0.05) is 12.7 Å². The van der Waals surface area contributed by atoms with Crippen LogP contribution in [0.1, 0.15) is 0 Å². The van der Waals surface area contributed by atoms with Crippen molar-refractivity contribution in [1.29, 1.82) is 0 Å². The fourth-order valence-electron chi connectivity index (χ4n) is 0.179. The van der Waals surface area contributed by atoms with Crippen molar-refractivity contribution in [2.75, 3.05) is 6.61 Å². The number of hydrogen-bond acceptors (Lipinski definition) is 1. The summed E-state index contributed by atoms with van der Waals surface area (Å²) in [5.41, 5.74) is 0. The van der Waals surface area contributed by atoms with Gasteiger partial charge in [-0.05, 0) is 13.0 Å². The Labute approximate surface area is 44.3 Å². The lowest BCUT2D eigenvalue weighted by atomic mass is 10.6. The molecule has 0 amide bonds. The van der Waals surface area contributed by atoms with Crippen LogP contribution in [0.15, 0.2) is 25.0 Å². The van der Waals surface area contributed by atoms with Crippen molar-refractivity contribution < 1.29 is 4.74 Å². The van der Waals surface area contributed by atoms with E-state index in [0.717, 1.165) is 0 Å². The van der Waals surface area contributed by atoms with Crippen LogP contribution in [0.4, 0.5) is 0 Å². The number of hydrogen-bond donors (Lipinski definition) is 0. The van der Waals surface area contributed by atoms with Gasteiger partial charge >= 0.3 is 0 Å². The van der Waals surface area contributed by atoms with Gasteiger partial charge in [0.05, 0.1) is 12.9 Å². The highest BCUT2D eigenvalue weighted by molar-refractivity contribution is 4.92. The number of allylic oxidation sites excluding steroid dienone is 2. The van der Waals surface area contributed by atoms with E-state index in [2.05, 4.69) is 13.5 Å². The third-order valence-electron chi connectivity index (χ3n) is 0.429. The zero-order valence-corrected chi connectivity index (χ0v) is 4.26. The predicted octanol–water partition coefficient (Wildman–Crippen LogP) is 1.54. The summed E-state index contributed by atoms with van der Waals surface area (Å²) in [5, 5.41) is 0. The van der Waals surface area contributed by atoms with Crippen LogP contribution in [0, 0.1) is 6.92 Å². The normalized spacial score (nSPS) is 9.29. The number of rotatable bonds is 3. The molecule has 0 bridgehead atoms. The molecule has 0 saturated heterocycles. The number of ether oxygens (including phenoxy) is 1. The first kappa shape index (κ1) is 6.28. The molecular weight excluding hydrogens is 88.1 g/mol. The van der Waals surface area contributed by atoms with E-state index in [1.807, 2.05) is 0 Å². The van der Waals surface area contributed by atoms with Gasteiger partial charge in [-0.2, -0.15) is 0 Å². The third-order valence-corrected chi connectivity index (χ3v) is 0.429. The van der Waals surface area contributed by atoms with Crippen molar-refractivity contribution in [3.05, 3.63) is 31.9 Å². The van der Waals surface area contributed by atoms with E-state index in [-0.39, 0.29) is 0 Å². The largest absolute Gasteiger partial charge is 0.501 e. The molecule has 0 aromatic rings. The zero-order valence-electron chi connectivity index (χ0n) is 4.26. The summed E-state index contributed by atoms with van der Waals surface area (Å²) in [6.45, 7) is 7.37. The Bertz CT molecular complexity index is 64.6. The Hall–Kier alpha value is -0.720. The SMILES string of the molecule is [CH2]CO/C=C/C=C. The minimum Gasteiger partial charge on any atom is -0.501 e. The standard InChI is InChI=1S/C6H9O/c1-3-5-6-7-4-2/h3,5-6H,1-2,4H2/b6-5+. The first-order chi connectivity index (χ1) is 3.41. The molecule has 0 fully saturated rings. The summed E-state index contributed by atoms with van der Waals surface area (Å²) in [6, 6.07) is 0. The van der Waals surface area contributed by atoms with E-state index >= 15 is 0 Å². The minimum absolute atomic E-state index is 0.477. The predicted molar refractivity (Wildman–Crippen MR) is 30.6 cm³/mol. The molecule has 1 nitrogen and oxygen atoms in total. The van der Waals surface area contributed by atoms with Crippen molar-refractivity contribution in [2.45, 2.75) is 0 Å². The van der Waals surface area contributed by atoms with Crippen LogP contribution in [0.5, 0.6) is 0 Å². The summed E-state index contributed by atoms with van der Waals surface area (Å²) >= 11 is 0. The lowest BCUT2D eigenvalue weighted by molar-refractivity contribution is 0.288. The van der Waals surface area contributed by atoms with E-state index in [0.29, 0.717) is 6.61 Å². The van der Waals surface area contributed by atoms with Crippen molar-refractivity contribution in [1.82, 2.24) is 0 Å². The molecule has 0 N–H and O–H groups in total. The molecule has 0 aliphatic rings. The van der Waals surface area contributed by atoms with Crippen LogP contribution >= 0.6 is 0 Å². The summed E-state index contributed by atoms with van der Waals surface area (Å²) in [4.78, 5) is 0. The smallest absolute Gasteiger partial charge is 0.0874 e. The summed E-state index contributed by atoms with van der Waals surface area (Å²) in [5.74, 6) is 0. The van der Waals surface area contributed by atoms with Crippen molar-refractivity contribution >= 4 is 0 Å². The highest BCUT2D eigenvalue weighted by atomic mass is 16.5. The van der Waals surface area contributed by atoms with Crippen LogP contribution in [0.3, 0.4) is 0 Å². The molecule has 0 aliphatic carbocycles. The van der Waals surface area contributed by atoms with Gasteiger partial charge in [-0.15, -0.1) is 0 Å². The Morgan fingerprint density at radius 3 is 2.71 bits per heavy atom. The first-order valence-corrected chi connectivity index (χ1v) is 2.10. The Balaban J connectivity index is 2.92. The Kier molecular flexibility index (Phi) is 4.74.